The minimum atomic E-state index is -0.942. The molecule has 0 aliphatic carbocycles. The average molecular weight is 323 g/mol. The Morgan fingerprint density at radius 1 is 1.27 bits per heavy atom. The van der Waals surface area contributed by atoms with Gasteiger partial charge in [0.05, 0.1) is 23.8 Å². The minimum Gasteiger partial charge on any atom is -0.274 e. The zero-order valence-electron chi connectivity index (χ0n) is 11.8. The van der Waals surface area contributed by atoms with Crippen LogP contribution in [0, 0.1) is 0 Å². The van der Waals surface area contributed by atoms with Crippen molar-refractivity contribution in [3.8, 4) is 5.69 Å². The van der Waals surface area contributed by atoms with Crippen molar-refractivity contribution in [1.82, 2.24) is 15.3 Å². The van der Waals surface area contributed by atoms with Gasteiger partial charge in [-0.2, -0.15) is 5.10 Å². The van der Waals surface area contributed by atoms with Crippen molar-refractivity contribution >= 4 is 24.2 Å². The maximum Gasteiger partial charge on any atom is 0.337 e. The van der Waals surface area contributed by atoms with Crippen LogP contribution in [0.4, 0.5) is 0 Å². The Kier molecular flexibility index (Phi) is 6.94. The number of halogens is 1. The third-order valence-electron chi connectivity index (χ3n) is 2.46. The summed E-state index contributed by atoms with van der Waals surface area (Å²) in [6, 6.07) is 11.1. The van der Waals surface area contributed by atoms with Gasteiger partial charge in [-0.25, -0.2) is 15.2 Å². The van der Waals surface area contributed by atoms with Gasteiger partial charge >= 0.3 is 11.8 Å². The summed E-state index contributed by atoms with van der Waals surface area (Å²) in [6.07, 6.45) is 3.06. The van der Waals surface area contributed by atoms with Crippen LogP contribution in [-0.2, 0) is 14.4 Å². The number of aromatic nitrogens is 2. The van der Waals surface area contributed by atoms with Gasteiger partial charge in [0, 0.05) is 6.20 Å². The standard InChI is InChI=1S/C14H14N4O3.ClH/c1-2-21-17-14(20)13(19)16-11-8-9-18(15-10-11)12-6-4-3-5-7-12;/h3-10H,2H2,1H3,(H,17,20);1H. The second kappa shape index (κ2) is 8.71. The molecule has 0 saturated heterocycles. The molecule has 2 aromatic rings. The van der Waals surface area contributed by atoms with Gasteiger partial charge in [0.15, 0.2) is 0 Å². The van der Waals surface area contributed by atoms with E-state index >= 15 is 0 Å². The van der Waals surface area contributed by atoms with Gasteiger partial charge in [-0.3, -0.25) is 14.4 Å². The Hall–Kier alpha value is -2.51. The molecule has 1 aromatic heterocycles. The van der Waals surface area contributed by atoms with Gasteiger partial charge in [-0.05, 0) is 25.1 Å². The Morgan fingerprint density at radius 2 is 2.00 bits per heavy atom. The largest absolute Gasteiger partial charge is 0.337 e. The van der Waals surface area contributed by atoms with Crippen LogP contribution in [0.2, 0.25) is 0 Å². The molecular weight excluding hydrogens is 308 g/mol. The summed E-state index contributed by atoms with van der Waals surface area (Å²) in [5.41, 5.74) is 2.86. The molecule has 0 saturated carbocycles. The molecule has 0 aliphatic rings. The highest BCUT2D eigenvalue weighted by Crippen LogP contribution is 2.02. The van der Waals surface area contributed by atoms with Crippen molar-refractivity contribution in [2.75, 3.05) is 6.61 Å². The summed E-state index contributed by atoms with van der Waals surface area (Å²) in [5, 5.41) is 4.42. The topological polar surface area (TPSA) is 85.6 Å². The maximum atomic E-state index is 11.5. The zero-order valence-corrected chi connectivity index (χ0v) is 12.6. The van der Waals surface area contributed by atoms with Crippen molar-refractivity contribution in [1.29, 1.82) is 0 Å². The molecule has 116 valence electrons. The lowest BCUT2D eigenvalue weighted by Gasteiger charge is -2.03. The summed E-state index contributed by atoms with van der Waals surface area (Å²) < 4.78 is 1.63. The van der Waals surface area contributed by atoms with E-state index in [1.165, 1.54) is 6.20 Å². The number of rotatable bonds is 3. The number of carbonyl (C=O) groups is 2. The van der Waals surface area contributed by atoms with Gasteiger partial charge in [0.2, 0.25) is 0 Å². The van der Waals surface area contributed by atoms with E-state index in [0.29, 0.717) is 5.36 Å². The fourth-order valence-corrected chi connectivity index (χ4v) is 1.50. The van der Waals surface area contributed by atoms with E-state index in [4.69, 9.17) is 0 Å². The Balaban J connectivity index is 0.00000242. The molecule has 1 N–H and O–H groups in total. The zero-order chi connectivity index (χ0) is 15.1. The molecule has 22 heavy (non-hydrogen) atoms. The number of amides is 2. The first-order chi connectivity index (χ1) is 10.2. The Morgan fingerprint density at radius 3 is 2.59 bits per heavy atom. The first-order valence-electron chi connectivity index (χ1n) is 6.32. The molecule has 0 bridgehead atoms. The molecule has 1 heterocycles. The van der Waals surface area contributed by atoms with Gasteiger partial charge in [0.25, 0.3) is 0 Å². The normalized spacial score (nSPS) is 10.7. The predicted molar refractivity (Wildman–Crippen MR) is 81.2 cm³/mol. The molecule has 0 radical (unpaired) electrons. The second-order valence-electron chi connectivity index (χ2n) is 3.95. The quantitative estimate of drug-likeness (QED) is 0.668. The average Bonchev–Trinajstić information content (AvgIpc) is 2.54. The van der Waals surface area contributed by atoms with E-state index in [1.54, 1.807) is 23.9 Å². The van der Waals surface area contributed by atoms with E-state index in [-0.39, 0.29) is 19.0 Å². The molecule has 0 aliphatic heterocycles. The summed E-state index contributed by atoms with van der Waals surface area (Å²) in [6.45, 7) is 1.95. The first-order valence-corrected chi connectivity index (χ1v) is 6.32. The van der Waals surface area contributed by atoms with Crippen LogP contribution in [-0.4, -0.2) is 28.2 Å². The van der Waals surface area contributed by atoms with Crippen LogP contribution in [0.3, 0.4) is 0 Å². The molecule has 2 amide bonds. The SMILES string of the molecule is CCONC(=O)C(=O)N=c1ccn(-c2ccccc2)nc1.Cl. The number of nitrogens with zero attached hydrogens (tertiary/aromatic N) is 3. The third kappa shape index (κ3) is 4.80. The van der Waals surface area contributed by atoms with Gasteiger partial charge < -0.3 is 0 Å². The summed E-state index contributed by atoms with van der Waals surface area (Å²) in [5.74, 6) is -1.86. The predicted octanol–water partition coefficient (Wildman–Crippen LogP) is 0.789. The molecule has 7 nitrogen and oxygen atoms in total. The second-order valence-corrected chi connectivity index (χ2v) is 3.95. The number of nitrogens with one attached hydrogen (secondary N) is 1. The van der Waals surface area contributed by atoms with E-state index < -0.39 is 11.8 Å². The van der Waals surface area contributed by atoms with Crippen molar-refractivity contribution in [3.63, 3.8) is 0 Å². The van der Waals surface area contributed by atoms with Gasteiger partial charge in [-0.15, -0.1) is 12.4 Å². The summed E-state index contributed by atoms with van der Waals surface area (Å²) >= 11 is 0. The molecule has 0 spiro atoms. The summed E-state index contributed by atoms with van der Waals surface area (Å²) in [7, 11) is 0. The molecule has 0 fully saturated rings. The van der Waals surface area contributed by atoms with Crippen molar-refractivity contribution in [2.24, 2.45) is 4.99 Å². The van der Waals surface area contributed by atoms with Crippen molar-refractivity contribution in [2.45, 2.75) is 6.92 Å². The van der Waals surface area contributed by atoms with E-state index in [1.807, 2.05) is 35.8 Å². The number of carbonyl (C=O) groups excluding carboxylic acids is 2. The highest BCUT2D eigenvalue weighted by atomic mass is 35.5. The van der Waals surface area contributed by atoms with Crippen LogP contribution in [0.1, 0.15) is 6.92 Å². The monoisotopic (exact) mass is 322 g/mol. The van der Waals surface area contributed by atoms with Crippen molar-refractivity contribution < 1.29 is 14.4 Å². The van der Waals surface area contributed by atoms with E-state index in [0.717, 1.165) is 5.69 Å². The van der Waals surface area contributed by atoms with Crippen LogP contribution < -0.4 is 10.8 Å². The Bertz CT molecular complexity index is 680. The van der Waals surface area contributed by atoms with Crippen LogP contribution in [0.5, 0.6) is 0 Å². The minimum absolute atomic E-state index is 0. The van der Waals surface area contributed by atoms with Crippen LogP contribution in [0.25, 0.3) is 5.69 Å². The number of hydrogen-bond acceptors (Lipinski definition) is 4. The lowest BCUT2D eigenvalue weighted by Crippen LogP contribution is -2.31. The Labute approximate surface area is 133 Å². The first kappa shape index (κ1) is 17.5. The van der Waals surface area contributed by atoms with Crippen molar-refractivity contribution in [3.05, 3.63) is 54.1 Å². The van der Waals surface area contributed by atoms with Crippen LogP contribution >= 0.6 is 12.4 Å². The number of para-hydroxylation sites is 1. The number of hydroxylamine groups is 1. The highest BCUT2D eigenvalue weighted by Gasteiger charge is 2.11. The molecule has 8 heteroatoms. The van der Waals surface area contributed by atoms with Gasteiger partial charge in [0.1, 0.15) is 0 Å². The molecule has 0 atom stereocenters. The van der Waals surface area contributed by atoms with Gasteiger partial charge in [-0.1, -0.05) is 18.2 Å². The van der Waals surface area contributed by atoms with E-state index in [9.17, 15) is 9.59 Å². The molecule has 1 aromatic carbocycles. The molecular formula is C14H15ClN4O3. The van der Waals surface area contributed by atoms with Crippen LogP contribution in [0.15, 0.2) is 53.8 Å². The smallest absolute Gasteiger partial charge is 0.274 e. The highest BCUT2D eigenvalue weighted by molar-refractivity contribution is 6.35. The maximum absolute atomic E-state index is 11.5. The molecule has 0 unspecified atom stereocenters. The summed E-state index contributed by atoms with van der Waals surface area (Å²) in [4.78, 5) is 31.0. The fourth-order valence-electron chi connectivity index (χ4n) is 1.50. The third-order valence-corrected chi connectivity index (χ3v) is 2.46. The molecule has 2 rings (SSSR count). The number of benzene rings is 1. The van der Waals surface area contributed by atoms with E-state index in [2.05, 4.69) is 14.9 Å². The fraction of sp³-hybridized carbons (Fsp3) is 0.143. The lowest BCUT2D eigenvalue weighted by atomic mass is 10.3. The lowest BCUT2D eigenvalue weighted by molar-refractivity contribution is -0.145. The number of hydrogen-bond donors (Lipinski definition) is 1.